The minimum atomic E-state index is 0.191. The summed E-state index contributed by atoms with van der Waals surface area (Å²) < 4.78 is 0.229. The van der Waals surface area contributed by atoms with Crippen LogP contribution in [0.25, 0.3) is 20.9 Å². The maximum absolute atomic E-state index is 11.3. The Morgan fingerprint density at radius 3 is 2.16 bits per heavy atom. The second-order valence-corrected chi connectivity index (χ2v) is 6.59. The van der Waals surface area contributed by atoms with Gasteiger partial charge in [-0.25, -0.2) is 0 Å². The molecule has 8 nitrogen and oxygen atoms in total. The van der Waals surface area contributed by atoms with Gasteiger partial charge in [-0.15, -0.1) is 23.5 Å². The molecule has 0 aromatic carbocycles. The summed E-state index contributed by atoms with van der Waals surface area (Å²) in [6.45, 7) is 2.41. The summed E-state index contributed by atoms with van der Waals surface area (Å²) in [7, 11) is 0. The number of thioether (sulfide) groups is 2. The van der Waals surface area contributed by atoms with Crippen molar-refractivity contribution >= 4 is 29.4 Å². The largest absolute Gasteiger partial charge is 0.340 e. The molecule has 0 aromatic rings. The summed E-state index contributed by atoms with van der Waals surface area (Å²) in [6.07, 6.45) is 0.638. The molecule has 1 saturated heterocycles. The van der Waals surface area contributed by atoms with Crippen LogP contribution in [0, 0.1) is 0 Å². The maximum atomic E-state index is 11.3. The van der Waals surface area contributed by atoms with E-state index >= 15 is 0 Å². The van der Waals surface area contributed by atoms with E-state index in [0.717, 1.165) is 18.1 Å². The van der Waals surface area contributed by atoms with Crippen molar-refractivity contribution in [2.24, 2.45) is 10.2 Å². The molecule has 0 spiro atoms. The highest BCUT2D eigenvalue weighted by Crippen LogP contribution is 2.26. The normalized spacial score (nSPS) is 15.2. The third-order valence-corrected chi connectivity index (χ3v) is 5.13. The van der Waals surface area contributed by atoms with Gasteiger partial charge in [-0.05, 0) is 11.1 Å². The molecule has 104 valence electrons. The van der Waals surface area contributed by atoms with Gasteiger partial charge in [-0.3, -0.25) is 4.79 Å². The Kier molecular flexibility index (Phi) is 8.08. The van der Waals surface area contributed by atoms with Crippen molar-refractivity contribution in [3.05, 3.63) is 20.9 Å². The van der Waals surface area contributed by atoms with Crippen molar-refractivity contribution in [3.8, 4) is 0 Å². The highest BCUT2D eigenvalue weighted by molar-refractivity contribution is 8.17. The van der Waals surface area contributed by atoms with Gasteiger partial charge in [-0.2, -0.15) is 0 Å². The van der Waals surface area contributed by atoms with Crippen LogP contribution in [0.5, 0.6) is 0 Å². The molecule has 0 aliphatic carbocycles. The Labute approximate surface area is 119 Å². The van der Waals surface area contributed by atoms with Crippen LogP contribution < -0.4 is 0 Å². The smallest absolute Gasteiger partial charge is 0.224 e. The third-order valence-electron chi connectivity index (χ3n) is 2.43. The summed E-state index contributed by atoms with van der Waals surface area (Å²) in [4.78, 5) is 18.5. The van der Waals surface area contributed by atoms with Crippen LogP contribution in [0.2, 0.25) is 0 Å². The van der Waals surface area contributed by atoms with Crippen molar-refractivity contribution in [2.45, 2.75) is 11.0 Å². The Morgan fingerprint density at radius 1 is 1.21 bits per heavy atom. The molecule has 0 radical (unpaired) electrons. The number of nitrogens with zero attached hydrogens (tertiary/aromatic N) is 7. The van der Waals surface area contributed by atoms with Crippen molar-refractivity contribution in [2.75, 3.05) is 37.7 Å². The van der Waals surface area contributed by atoms with Crippen LogP contribution in [-0.2, 0) is 4.79 Å². The molecule has 0 atom stereocenters. The molecule has 1 heterocycles. The second kappa shape index (κ2) is 9.69. The number of hydrogen-bond acceptors (Lipinski definition) is 5. The SMILES string of the molecule is [N-]=[N+]=NCCSC(CN1CCC1=O)SCCN=[N+]=[N-]. The molecule has 10 heteroatoms. The summed E-state index contributed by atoms with van der Waals surface area (Å²) in [5.41, 5.74) is 16.4. The van der Waals surface area contributed by atoms with E-state index in [1.807, 2.05) is 4.90 Å². The first-order valence-electron chi connectivity index (χ1n) is 5.80. The Bertz CT molecular complexity index is 368. The van der Waals surface area contributed by atoms with E-state index in [9.17, 15) is 4.79 Å². The number of hydrogen-bond donors (Lipinski definition) is 0. The van der Waals surface area contributed by atoms with Gasteiger partial charge in [0.2, 0.25) is 5.91 Å². The molecule has 1 aliphatic heterocycles. The van der Waals surface area contributed by atoms with Gasteiger partial charge in [0, 0.05) is 53.9 Å². The lowest BCUT2D eigenvalue weighted by Gasteiger charge is -2.33. The summed E-state index contributed by atoms with van der Waals surface area (Å²) in [6, 6.07) is 0. The summed E-state index contributed by atoms with van der Waals surface area (Å²) in [5.74, 6) is 1.65. The zero-order valence-corrected chi connectivity index (χ0v) is 12.0. The standard InChI is InChI=1S/C9H15N7OS2/c10-14-12-2-5-18-9(19-6-3-13-15-11)7-16-4-1-8(16)17/h9H,1-7H2. The van der Waals surface area contributed by atoms with E-state index < -0.39 is 0 Å². The van der Waals surface area contributed by atoms with Gasteiger partial charge in [0.05, 0.1) is 4.58 Å². The lowest BCUT2D eigenvalue weighted by Crippen LogP contribution is -2.46. The first-order chi connectivity index (χ1) is 9.27. The van der Waals surface area contributed by atoms with Gasteiger partial charge in [0.1, 0.15) is 0 Å². The van der Waals surface area contributed by atoms with Crippen LogP contribution in [0.1, 0.15) is 6.42 Å². The zero-order chi connectivity index (χ0) is 13.9. The highest BCUT2D eigenvalue weighted by atomic mass is 32.2. The molecule has 1 fully saturated rings. The quantitative estimate of drug-likeness (QED) is 0.154. The number of carbonyl (C=O) groups excluding carboxylic acids is 1. The van der Waals surface area contributed by atoms with E-state index in [-0.39, 0.29) is 10.5 Å². The lowest BCUT2D eigenvalue weighted by atomic mass is 10.2. The lowest BCUT2D eigenvalue weighted by molar-refractivity contribution is -0.139. The fraction of sp³-hybridized carbons (Fsp3) is 0.889. The Hall–Kier alpha value is -1.21. The molecular formula is C9H15N7OS2. The van der Waals surface area contributed by atoms with Gasteiger partial charge in [-0.1, -0.05) is 10.2 Å². The second-order valence-electron chi connectivity index (χ2n) is 3.67. The first-order valence-corrected chi connectivity index (χ1v) is 7.90. The number of azide groups is 2. The monoisotopic (exact) mass is 301 g/mol. The zero-order valence-electron chi connectivity index (χ0n) is 10.4. The number of likely N-dealkylation sites (tertiary alicyclic amines) is 1. The average molecular weight is 301 g/mol. The van der Waals surface area contributed by atoms with Gasteiger partial charge in [0.15, 0.2) is 0 Å². The van der Waals surface area contributed by atoms with Crippen LogP contribution in [0.3, 0.4) is 0 Å². The van der Waals surface area contributed by atoms with Gasteiger partial charge in [0.25, 0.3) is 0 Å². The molecular weight excluding hydrogens is 286 g/mol. The fourth-order valence-electron chi connectivity index (χ4n) is 1.43. The van der Waals surface area contributed by atoms with E-state index in [2.05, 4.69) is 20.1 Å². The van der Waals surface area contributed by atoms with Gasteiger partial charge < -0.3 is 4.90 Å². The minimum absolute atomic E-state index is 0.191. The maximum Gasteiger partial charge on any atom is 0.224 e. The van der Waals surface area contributed by atoms with Crippen LogP contribution in [0.15, 0.2) is 10.2 Å². The summed E-state index contributed by atoms with van der Waals surface area (Å²) in [5, 5.41) is 6.97. The number of β-lactam (4-membered cyclic amide) rings is 1. The minimum Gasteiger partial charge on any atom is -0.340 e. The number of amides is 1. The topological polar surface area (TPSA) is 118 Å². The molecule has 0 N–H and O–H groups in total. The van der Waals surface area contributed by atoms with Crippen LogP contribution in [0.4, 0.5) is 0 Å². The predicted molar refractivity (Wildman–Crippen MR) is 77.9 cm³/mol. The van der Waals surface area contributed by atoms with E-state index in [0.29, 0.717) is 26.1 Å². The highest BCUT2D eigenvalue weighted by Gasteiger charge is 2.26. The Balaban J connectivity index is 2.30. The molecule has 0 saturated carbocycles. The summed E-state index contributed by atoms with van der Waals surface area (Å²) >= 11 is 3.34. The molecule has 1 rings (SSSR count). The first kappa shape index (κ1) is 15.8. The van der Waals surface area contributed by atoms with Crippen molar-refractivity contribution < 1.29 is 4.79 Å². The third kappa shape index (κ3) is 6.49. The number of carbonyl (C=O) groups is 1. The van der Waals surface area contributed by atoms with Crippen molar-refractivity contribution in [3.63, 3.8) is 0 Å². The van der Waals surface area contributed by atoms with E-state index in [1.165, 1.54) is 0 Å². The van der Waals surface area contributed by atoms with Gasteiger partial charge >= 0.3 is 0 Å². The average Bonchev–Trinajstić information content (AvgIpc) is 2.42. The molecule has 1 aliphatic rings. The number of rotatable bonds is 10. The van der Waals surface area contributed by atoms with Crippen molar-refractivity contribution in [1.82, 2.24) is 4.90 Å². The molecule has 0 unspecified atom stereocenters. The molecule has 1 amide bonds. The van der Waals surface area contributed by atoms with E-state index in [1.54, 1.807) is 23.5 Å². The van der Waals surface area contributed by atoms with Crippen molar-refractivity contribution in [1.29, 1.82) is 0 Å². The molecule has 0 aromatic heterocycles. The van der Waals surface area contributed by atoms with Crippen LogP contribution >= 0.6 is 23.5 Å². The molecule has 19 heavy (non-hydrogen) atoms. The fourth-order valence-corrected chi connectivity index (χ4v) is 3.86. The Morgan fingerprint density at radius 2 is 1.79 bits per heavy atom. The van der Waals surface area contributed by atoms with E-state index in [4.69, 9.17) is 11.1 Å². The molecule has 0 bridgehead atoms. The van der Waals surface area contributed by atoms with Crippen LogP contribution in [-0.4, -0.2) is 53.1 Å². The predicted octanol–water partition coefficient (Wildman–Crippen LogP) is 2.63.